The topological polar surface area (TPSA) is 126 Å². The first-order valence-electron chi connectivity index (χ1n) is 12.7. The van der Waals surface area contributed by atoms with Crippen molar-refractivity contribution >= 4 is 34.9 Å². The molecule has 9 nitrogen and oxygen atoms in total. The average Bonchev–Trinajstić information content (AvgIpc) is 3.11. The largest absolute Gasteiger partial charge is 0.407 e. The van der Waals surface area contributed by atoms with Gasteiger partial charge in [0, 0.05) is 30.5 Å². The maximum atomic E-state index is 13.0. The molecule has 4 N–H and O–H groups in total. The van der Waals surface area contributed by atoms with E-state index in [1.54, 1.807) is 24.4 Å². The molecule has 9 heteroatoms. The molecule has 38 heavy (non-hydrogen) atoms. The highest BCUT2D eigenvalue weighted by molar-refractivity contribution is 6.06. The predicted molar refractivity (Wildman–Crippen MR) is 151 cm³/mol. The molecule has 196 valence electrons. The lowest BCUT2D eigenvalue weighted by atomic mass is 9.96. The summed E-state index contributed by atoms with van der Waals surface area (Å²) in [7, 11) is 0. The van der Waals surface area contributed by atoms with E-state index in [1.807, 2.05) is 73.3 Å². The predicted octanol–water partition coefficient (Wildman–Crippen LogP) is 4.05. The number of carbonyl (C=O) groups is 1. The summed E-state index contributed by atoms with van der Waals surface area (Å²) in [5.41, 5.74) is 9.94. The van der Waals surface area contributed by atoms with Gasteiger partial charge in [-0.25, -0.2) is 9.98 Å². The Bertz CT molecular complexity index is 1330. The molecule has 0 saturated carbocycles. The highest BCUT2D eigenvalue weighted by Crippen LogP contribution is 2.32. The molecule has 0 radical (unpaired) electrons. The zero-order valence-corrected chi connectivity index (χ0v) is 21.6. The van der Waals surface area contributed by atoms with Crippen molar-refractivity contribution in [3.8, 4) is 0 Å². The summed E-state index contributed by atoms with van der Waals surface area (Å²) < 4.78 is 11.0. The van der Waals surface area contributed by atoms with E-state index in [4.69, 9.17) is 20.6 Å². The van der Waals surface area contributed by atoms with E-state index in [2.05, 4.69) is 15.3 Å². The summed E-state index contributed by atoms with van der Waals surface area (Å²) in [4.78, 5) is 23.9. The van der Waals surface area contributed by atoms with Crippen LogP contribution in [0.4, 0.5) is 11.5 Å². The molecular formula is C29H32N6O3. The molecule has 5 rings (SSSR count). The lowest BCUT2D eigenvalue weighted by molar-refractivity contribution is -0.116. The van der Waals surface area contributed by atoms with Crippen molar-refractivity contribution in [1.29, 1.82) is 5.41 Å². The number of nitrogens with zero attached hydrogens (tertiary/aromatic N) is 3. The number of fused-ring (bicyclic) bond motifs is 1. The maximum absolute atomic E-state index is 13.0. The first-order chi connectivity index (χ1) is 18.6. The highest BCUT2D eigenvalue weighted by atomic mass is 16.5. The third-order valence-electron chi connectivity index (χ3n) is 5.97. The number of hydrogen-bond donors (Lipinski definition) is 3. The number of para-hydroxylation sites is 1. The molecule has 1 fully saturated rings. The molecule has 2 aliphatic rings. The molecule has 1 unspecified atom stereocenters. The van der Waals surface area contributed by atoms with E-state index in [9.17, 15) is 4.79 Å². The van der Waals surface area contributed by atoms with Crippen LogP contribution in [0.3, 0.4) is 0 Å². The Kier molecular flexibility index (Phi) is 8.84. The zero-order valence-electron chi connectivity index (χ0n) is 21.6. The minimum Gasteiger partial charge on any atom is -0.407 e. The van der Waals surface area contributed by atoms with E-state index in [-0.39, 0.29) is 17.8 Å². The SMILES string of the molecule is CC.N=C(OC(N)=NC1C=C(c2ccccc2)c2ccccc2NC1=O)c1cccnc1N1CCOCC1. The number of benzene rings is 2. The lowest BCUT2D eigenvalue weighted by Crippen LogP contribution is -2.38. The van der Waals surface area contributed by atoms with Gasteiger partial charge in [0.2, 0.25) is 5.90 Å². The number of amidine groups is 1. The molecule has 1 amide bonds. The summed E-state index contributed by atoms with van der Waals surface area (Å²) >= 11 is 0. The van der Waals surface area contributed by atoms with Crippen molar-refractivity contribution in [1.82, 2.24) is 4.98 Å². The van der Waals surface area contributed by atoms with Gasteiger partial charge in [-0.1, -0.05) is 62.4 Å². The second-order valence-corrected chi connectivity index (χ2v) is 8.30. The van der Waals surface area contributed by atoms with Crippen molar-refractivity contribution in [2.75, 3.05) is 36.5 Å². The van der Waals surface area contributed by atoms with Gasteiger partial charge in [-0.2, -0.15) is 0 Å². The Hall–Kier alpha value is -4.50. The third-order valence-corrected chi connectivity index (χ3v) is 5.97. The number of aromatic nitrogens is 1. The number of amides is 1. The van der Waals surface area contributed by atoms with Gasteiger partial charge in [0.1, 0.15) is 5.82 Å². The molecular weight excluding hydrogens is 480 g/mol. The van der Waals surface area contributed by atoms with E-state index in [1.165, 1.54) is 0 Å². The number of hydrogen-bond acceptors (Lipinski definition) is 7. The van der Waals surface area contributed by atoms with Crippen LogP contribution in [-0.4, -0.2) is 55.2 Å². The van der Waals surface area contributed by atoms with E-state index in [0.717, 1.165) is 16.7 Å². The van der Waals surface area contributed by atoms with Gasteiger partial charge >= 0.3 is 0 Å². The number of aliphatic imine (C=N–C) groups is 1. The van der Waals surface area contributed by atoms with E-state index in [0.29, 0.717) is 43.4 Å². The Morgan fingerprint density at radius 1 is 1.08 bits per heavy atom. The van der Waals surface area contributed by atoms with E-state index < -0.39 is 6.04 Å². The summed E-state index contributed by atoms with van der Waals surface area (Å²) in [5.74, 6) is 0.0739. The van der Waals surface area contributed by atoms with Crippen LogP contribution in [0.1, 0.15) is 30.5 Å². The molecule has 2 aromatic carbocycles. The maximum Gasteiger partial charge on any atom is 0.289 e. The molecule has 0 aliphatic carbocycles. The zero-order chi connectivity index (χ0) is 26.9. The van der Waals surface area contributed by atoms with Crippen molar-refractivity contribution in [2.24, 2.45) is 10.7 Å². The molecule has 3 aromatic rings. The molecule has 1 atom stereocenters. The Morgan fingerprint density at radius 2 is 1.79 bits per heavy atom. The van der Waals surface area contributed by atoms with Crippen molar-refractivity contribution in [3.05, 3.63) is 95.7 Å². The summed E-state index contributed by atoms with van der Waals surface area (Å²) in [6, 6.07) is 19.6. The first kappa shape index (κ1) is 26.6. The fourth-order valence-corrected chi connectivity index (χ4v) is 4.25. The van der Waals surface area contributed by atoms with Crippen LogP contribution in [0, 0.1) is 5.41 Å². The molecule has 1 saturated heterocycles. The van der Waals surface area contributed by atoms with Crippen molar-refractivity contribution in [2.45, 2.75) is 19.9 Å². The number of pyridine rings is 1. The van der Waals surface area contributed by atoms with Gasteiger partial charge in [-0.05, 0) is 35.4 Å². The van der Waals surface area contributed by atoms with Crippen molar-refractivity contribution in [3.63, 3.8) is 0 Å². The monoisotopic (exact) mass is 512 g/mol. The van der Waals surface area contributed by atoms with Crippen LogP contribution in [-0.2, 0) is 14.3 Å². The summed E-state index contributed by atoms with van der Waals surface area (Å²) in [6.07, 6.45) is 3.43. The van der Waals surface area contributed by atoms with Gasteiger partial charge in [0.15, 0.2) is 6.04 Å². The highest BCUT2D eigenvalue weighted by Gasteiger charge is 2.25. The van der Waals surface area contributed by atoms with E-state index >= 15 is 0 Å². The second kappa shape index (κ2) is 12.6. The molecule has 2 aliphatic heterocycles. The van der Waals surface area contributed by atoms with Gasteiger partial charge in [-0.3, -0.25) is 10.2 Å². The number of anilines is 2. The fraction of sp³-hybridized carbons (Fsp3) is 0.241. The molecule has 0 spiro atoms. The van der Waals surface area contributed by atoms with Crippen LogP contribution < -0.4 is 16.0 Å². The Balaban J connectivity index is 0.00000164. The number of rotatable bonds is 4. The van der Waals surface area contributed by atoms with Crippen molar-refractivity contribution < 1.29 is 14.3 Å². The van der Waals surface area contributed by atoms with Crippen LogP contribution in [0.5, 0.6) is 0 Å². The minimum absolute atomic E-state index is 0.199. The first-order valence-corrected chi connectivity index (χ1v) is 12.7. The van der Waals surface area contributed by atoms with Crippen LogP contribution >= 0.6 is 0 Å². The van der Waals surface area contributed by atoms with Crippen LogP contribution in [0.25, 0.3) is 5.57 Å². The number of carbonyl (C=O) groups excluding carboxylic acids is 1. The number of nitrogens with two attached hydrogens (primary N) is 1. The lowest BCUT2D eigenvalue weighted by Gasteiger charge is -2.29. The Morgan fingerprint density at radius 3 is 2.55 bits per heavy atom. The summed E-state index contributed by atoms with van der Waals surface area (Å²) in [5, 5.41) is 11.4. The second-order valence-electron chi connectivity index (χ2n) is 8.30. The van der Waals surface area contributed by atoms with Gasteiger partial charge < -0.3 is 25.4 Å². The molecule has 0 bridgehead atoms. The standard InChI is InChI=1S/C27H26N6O3.C2H6/c28-24(20-10-6-12-30-25(20)33-13-15-35-16-14-33)36-27(29)32-23-17-21(18-7-2-1-3-8-18)19-9-4-5-11-22(19)31-26(23)34;1-2/h1-12,17,23,28H,13-16H2,(H2,29,32)(H,31,34);1-2H3. The van der Waals surface area contributed by atoms with Crippen LogP contribution in [0.2, 0.25) is 0 Å². The smallest absolute Gasteiger partial charge is 0.289 e. The molecule has 1 aromatic heterocycles. The summed E-state index contributed by atoms with van der Waals surface area (Å²) in [6.45, 7) is 6.50. The Labute approximate surface area is 222 Å². The van der Waals surface area contributed by atoms with Crippen LogP contribution in [0.15, 0.2) is 84.0 Å². The van der Waals surface area contributed by atoms with Gasteiger partial charge in [-0.15, -0.1) is 0 Å². The molecule has 3 heterocycles. The number of morpholine rings is 1. The average molecular weight is 513 g/mol. The fourth-order valence-electron chi connectivity index (χ4n) is 4.25. The number of nitrogens with one attached hydrogen (secondary N) is 2. The number of ether oxygens (including phenoxy) is 2. The van der Waals surface area contributed by atoms with Gasteiger partial charge in [0.25, 0.3) is 11.9 Å². The third kappa shape index (κ3) is 6.07. The van der Waals surface area contributed by atoms with Gasteiger partial charge in [0.05, 0.1) is 18.8 Å². The normalized spacial score (nSPS) is 17.2. The minimum atomic E-state index is -0.951. The quantitative estimate of drug-likeness (QED) is 0.358.